The van der Waals surface area contributed by atoms with Gasteiger partial charge in [-0.05, 0) is 80.1 Å². The second-order valence-corrected chi connectivity index (χ2v) is 8.18. The first-order chi connectivity index (χ1) is 15.6. The van der Waals surface area contributed by atoms with E-state index in [-0.39, 0.29) is 6.04 Å². The maximum absolute atomic E-state index is 9.18. The molecule has 1 aliphatic carbocycles. The molecule has 1 atom stereocenters. The summed E-state index contributed by atoms with van der Waals surface area (Å²) in [6.07, 6.45) is 8.55. The van der Waals surface area contributed by atoms with Gasteiger partial charge in [0.2, 0.25) is 0 Å². The van der Waals surface area contributed by atoms with Gasteiger partial charge in [0.25, 0.3) is 6.47 Å². The van der Waals surface area contributed by atoms with Crippen LogP contribution in [0.3, 0.4) is 0 Å². The molecule has 176 valence electrons. The number of carbonyl (C=O) groups excluding carboxylic acids is 1. The van der Waals surface area contributed by atoms with Crippen molar-refractivity contribution in [2.45, 2.75) is 52.5 Å². The highest BCUT2D eigenvalue weighted by atomic mass is 35.5. The van der Waals surface area contributed by atoms with Crippen LogP contribution < -0.4 is 5.32 Å². The van der Waals surface area contributed by atoms with E-state index in [9.17, 15) is 4.79 Å². The highest BCUT2D eigenvalue weighted by Gasteiger charge is 2.30. The number of ether oxygens (including phenoxy) is 2. The lowest BCUT2D eigenvalue weighted by Crippen LogP contribution is -2.33. The molecular formula is C26H37ClN2O3. The van der Waals surface area contributed by atoms with Gasteiger partial charge in [-0.2, -0.15) is 0 Å². The van der Waals surface area contributed by atoms with E-state index >= 15 is 0 Å². The van der Waals surface area contributed by atoms with Crippen molar-refractivity contribution in [2.24, 2.45) is 0 Å². The average Bonchev–Trinajstić information content (AvgIpc) is 2.98. The van der Waals surface area contributed by atoms with E-state index in [1.807, 2.05) is 26.1 Å². The smallest absolute Gasteiger partial charge is 0.293 e. The Morgan fingerprint density at radius 2 is 1.91 bits per heavy atom. The molecule has 0 bridgehead atoms. The van der Waals surface area contributed by atoms with Crippen LogP contribution in [0.4, 0.5) is 0 Å². The first kappa shape index (κ1) is 26.0. The Balaban J connectivity index is 0.000000460. The molecule has 3 aliphatic rings. The summed E-state index contributed by atoms with van der Waals surface area (Å²) in [4.78, 5) is 11.6. The Labute approximate surface area is 198 Å². The van der Waals surface area contributed by atoms with Crippen molar-refractivity contribution >= 4 is 23.6 Å². The molecule has 0 aromatic heterocycles. The van der Waals surface area contributed by atoms with Crippen LogP contribution in [0.5, 0.6) is 0 Å². The lowest BCUT2D eigenvalue weighted by molar-refractivity contribution is -0.128. The number of methoxy groups -OCH3 is 1. The van der Waals surface area contributed by atoms with Crippen LogP contribution in [0.2, 0.25) is 5.02 Å². The van der Waals surface area contributed by atoms with E-state index in [0.29, 0.717) is 13.1 Å². The second-order valence-electron chi connectivity index (χ2n) is 7.74. The molecule has 1 unspecified atom stereocenters. The molecule has 2 heterocycles. The SMILES string of the molecule is CC.CCOC=O.COC1=CNC2C(=C1)CCc1cc(Cl)ccc1C2=C1CCN(C)CC1. The van der Waals surface area contributed by atoms with Crippen molar-refractivity contribution in [1.29, 1.82) is 0 Å². The van der Waals surface area contributed by atoms with Crippen LogP contribution in [0.25, 0.3) is 5.57 Å². The van der Waals surface area contributed by atoms with Crippen molar-refractivity contribution in [3.8, 4) is 0 Å². The van der Waals surface area contributed by atoms with E-state index in [1.165, 1.54) is 22.3 Å². The summed E-state index contributed by atoms with van der Waals surface area (Å²) < 4.78 is 9.60. The first-order valence-electron chi connectivity index (χ1n) is 11.5. The van der Waals surface area contributed by atoms with Crippen molar-refractivity contribution in [3.63, 3.8) is 0 Å². The van der Waals surface area contributed by atoms with Crippen LogP contribution in [0.15, 0.2) is 47.4 Å². The number of hydrogen-bond donors (Lipinski definition) is 1. The average molecular weight is 461 g/mol. The number of allylic oxidation sites excluding steroid dienone is 1. The van der Waals surface area contributed by atoms with E-state index in [1.54, 1.807) is 19.6 Å². The topological polar surface area (TPSA) is 50.8 Å². The number of nitrogens with one attached hydrogen (secondary N) is 1. The highest BCUT2D eigenvalue weighted by Crippen LogP contribution is 2.40. The molecule has 0 amide bonds. The number of carbonyl (C=O) groups is 1. The molecule has 5 nitrogen and oxygen atoms in total. The fourth-order valence-corrected chi connectivity index (χ4v) is 4.46. The Bertz CT molecular complexity index is 851. The third-order valence-corrected chi connectivity index (χ3v) is 6.10. The zero-order chi connectivity index (χ0) is 23.5. The Hall–Kier alpha value is -2.24. The van der Waals surface area contributed by atoms with E-state index in [0.717, 1.165) is 49.6 Å². The molecule has 6 heteroatoms. The van der Waals surface area contributed by atoms with Gasteiger partial charge in [-0.1, -0.05) is 37.1 Å². The molecule has 1 aromatic rings. The van der Waals surface area contributed by atoms with Crippen LogP contribution in [0, 0.1) is 0 Å². The quantitative estimate of drug-likeness (QED) is 0.615. The molecule has 2 aliphatic heterocycles. The minimum atomic E-state index is 0.250. The fourth-order valence-electron chi connectivity index (χ4n) is 4.27. The highest BCUT2D eigenvalue weighted by molar-refractivity contribution is 6.30. The number of halogens is 1. The normalized spacial score (nSPS) is 19.8. The summed E-state index contributed by atoms with van der Waals surface area (Å²) in [5.41, 5.74) is 7.20. The summed E-state index contributed by atoms with van der Waals surface area (Å²) in [6, 6.07) is 6.65. The van der Waals surface area contributed by atoms with E-state index < -0.39 is 0 Å². The lowest BCUT2D eigenvalue weighted by atomic mass is 9.85. The molecule has 0 radical (unpaired) electrons. The number of fused-ring (bicyclic) bond motifs is 2. The molecular weight excluding hydrogens is 424 g/mol. The standard InChI is InChI=1S/C21H25ClN2O.C3H6O2.C2H6/c1-24-9-7-14(8-10-24)20-19-6-5-17(22)11-15(19)3-4-16-12-18(25-2)13-23-21(16)20;1-2-5-3-4;1-2/h5-6,11-13,21,23H,3-4,7-10H2,1-2H3;3H,2H2,1H3;1-2H3. The summed E-state index contributed by atoms with van der Waals surface area (Å²) >= 11 is 6.30. The number of hydrogen-bond acceptors (Lipinski definition) is 5. The minimum absolute atomic E-state index is 0.250. The molecule has 1 fully saturated rings. The van der Waals surface area contributed by atoms with Gasteiger partial charge in [0.15, 0.2) is 0 Å². The summed E-state index contributed by atoms with van der Waals surface area (Å²) in [5.74, 6) is 0.906. The van der Waals surface area contributed by atoms with Crippen LogP contribution >= 0.6 is 11.6 Å². The largest absolute Gasteiger partial charge is 0.495 e. The Morgan fingerprint density at radius 3 is 2.50 bits per heavy atom. The molecule has 1 N–H and O–H groups in total. The van der Waals surface area contributed by atoms with Gasteiger partial charge >= 0.3 is 0 Å². The molecule has 1 aromatic carbocycles. The maximum Gasteiger partial charge on any atom is 0.293 e. The van der Waals surface area contributed by atoms with Crippen LogP contribution in [0.1, 0.15) is 51.2 Å². The van der Waals surface area contributed by atoms with Gasteiger partial charge in [-0.25, -0.2) is 0 Å². The molecule has 32 heavy (non-hydrogen) atoms. The molecule has 0 spiro atoms. The number of aryl methyl sites for hydroxylation is 1. The zero-order valence-corrected chi connectivity index (χ0v) is 20.8. The number of nitrogens with zero attached hydrogens (tertiary/aromatic N) is 1. The number of dihydropyridines is 1. The van der Waals surface area contributed by atoms with E-state index in [4.69, 9.17) is 16.3 Å². The number of benzene rings is 1. The van der Waals surface area contributed by atoms with Crippen LogP contribution in [-0.4, -0.2) is 51.3 Å². The van der Waals surface area contributed by atoms with Gasteiger partial charge in [0.1, 0.15) is 5.76 Å². The predicted molar refractivity (Wildman–Crippen MR) is 133 cm³/mol. The summed E-state index contributed by atoms with van der Waals surface area (Å²) in [5, 5.41) is 4.44. The third-order valence-electron chi connectivity index (χ3n) is 5.86. The predicted octanol–water partition coefficient (Wildman–Crippen LogP) is 5.36. The fraction of sp³-hybridized carbons (Fsp3) is 0.500. The van der Waals surface area contributed by atoms with E-state index in [2.05, 4.69) is 40.2 Å². The third kappa shape index (κ3) is 6.63. The van der Waals surface area contributed by atoms with Gasteiger partial charge in [0.05, 0.1) is 19.8 Å². The molecule has 4 rings (SSSR count). The first-order valence-corrected chi connectivity index (χ1v) is 11.9. The van der Waals surface area contributed by atoms with Crippen molar-refractivity contribution in [2.75, 3.05) is 33.9 Å². The monoisotopic (exact) mass is 460 g/mol. The van der Waals surface area contributed by atoms with Crippen molar-refractivity contribution in [1.82, 2.24) is 10.2 Å². The minimum Gasteiger partial charge on any atom is -0.495 e. The second kappa shape index (κ2) is 13.3. The van der Waals surface area contributed by atoms with Gasteiger partial charge < -0.3 is 19.7 Å². The maximum atomic E-state index is 9.18. The summed E-state index contributed by atoms with van der Waals surface area (Å²) in [6.45, 7) is 8.93. The molecule has 0 saturated carbocycles. The van der Waals surface area contributed by atoms with Gasteiger partial charge in [-0.3, -0.25) is 4.79 Å². The number of piperidine rings is 1. The Kier molecular flexibility index (Phi) is 10.8. The van der Waals surface area contributed by atoms with Crippen LogP contribution in [-0.2, 0) is 20.7 Å². The number of likely N-dealkylation sites (tertiary alicyclic amines) is 1. The van der Waals surface area contributed by atoms with Crippen molar-refractivity contribution < 1.29 is 14.3 Å². The van der Waals surface area contributed by atoms with Gasteiger partial charge in [-0.15, -0.1) is 0 Å². The number of rotatable bonds is 3. The zero-order valence-electron chi connectivity index (χ0n) is 20.0. The summed E-state index contributed by atoms with van der Waals surface area (Å²) in [7, 11) is 3.94. The molecule has 1 saturated heterocycles. The van der Waals surface area contributed by atoms with Crippen molar-refractivity contribution in [3.05, 3.63) is 63.5 Å². The van der Waals surface area contributed by atoms with Gasteiger partial charge in [0, 0.05) is 24.3 Å². The Morgan fingerprint density at radius 1 is 1.19 bits per heavy atom. The lowest BCUT2D eigenvalue weighted by Gasteiger charge is -2.32.